The van der Waals surface area contributed by atoms with E-state index in [1.165, 1.54) is 0 Å². The van der Waals surface area contributed by atoms with Crippen LogP contribution in [0.4, 0.5) is 0 Å². The van der Waals surface area contributed by atoms with Gasteiger partial charge in [0.15, 0.2) is 0 Å². The van der Waals surface area contributed by atoms with Crippen LogP contribution in [0.3, 0.4) is 0 Å². The predicted molar refractivity (Wildman–Crippen MR) is 92.7 cm³/mol. The molecule has 0 bridgehead atoms. The number of terminal acetylenes is 1. The lowest BCUT2D eigenvalue weighted by Gasteiger charge is -2.24. The molecule has 126 valence electrons. The summed E-state index contributed by atoms with van der Waals surface area (Å²) in [5.41, 5.74) is 0.921. The molecule has 22 heavy (non-hydrogen) atoms. The first-order valence-electron chi connectivity index (χ1n) is 7.65. The molecular weight excluding hydrogens is 278 g/mol. The van der Waals surface area contributed by atoms with Gasteiger partial charge in [0.1, 0.15) is 0 Å². The van der Waals surface area contributed by atoms with Crippen molar-refractivity contribution >= 4 is 0 Å². The Labute approximate surface area is 135 Å². The van der Waals surface area contributed by atoms with Gasteiger partial charge in [-0.25, -0.2) is 0 Å². The average Bonchev–Trinajstić information content (AvgIpc) is 2.48. The Morgan fingerprint density at radius 1 is 1.36 bits per heavy atom. The number of aliphatic hydroxyl groups excluding tert-OH is 2. The molecule has 3 N–H and O–H groups in total. The van der Waals surface area contributed by atoms with Crippen molar-refractivity contribution in [2.75, 3.05) is 60.0 Å². The zero-order chi connectivity index (χ0) is 16.8. The standard InChI is InChI=1S/C17H31N3O2/c1-5-7-11-20(10-6-2)15-17(22)16(8-12-19(3)4)14-18-9-13-21/h2,5,7-8,17-18,21-22H,9-15H2,1,3-4H3/b7-5+,16-8-. The van der Waals surface area contributed by atoms with Crippen LogP contribution in [-0.4, -0.2) is 86.1 Å². The maximum absolute atomic E-state index is 10.5. The van der Waals surface area contributed by atoms with Crippen molar-refractivity contribution in [2.24, 2.45) is 0 Å². The second kappa shape index (κ2) is 13.5. The van der Waals surface area contributed by atoms with Crippen molar-refractivity contribution in [1.82, 2.24) is 15.1 Å². The third-order valence-corrected chi connectivity index (χ3v) is 3.11. The van der Waals surface area contributed by atoms with Gasteiger partial charge in [-0.15, -0.1) is 6.42 Å². The van der Waals surface area contributed by atoms with E-state index in [1.54, 1.807) is 0 Å². The Morgan fingerprint density at radius 2 is 2.09 bits per heavy atom. The molecule has 0 saturated heterocycles. The summed E-state index contributed by atoms with van der Waals surface area (Å²) in [6.07, 6.45) is 10.8. The van der Waals surface area contributed by atoms with Crippen LogP contribution in [0.2, 0.25) is 0 Å². The summed E-state index contributed by atoms with van der Waals surface area (Å²) >= 11 is 0. The molecule has 0 fully saturated rings. The highest BCUT2D eigenvalue weighted by molar-refractivity contribution is 5.12. The normalized spacial score (nSPS) is 14.0. The molecule has 0 aromatic heterocycles. The molecule has 0 radical (unpaired) electrons. The maximum Gasteiger partial charge on any atom is 0.0890 e. The molecule has 0 spiro atoms. The molecule has 0 aliphatic carbocycles. The van der Waals surface area contributed by atoms with E-state index in [0.717, 1.165) is 18.7 Å². The van der Waals surface area contributed by atoms with Crippen molar-refractivity contribution in [1.29, 1.82) is 0 Å². The highest BCUT2D eigenvalue weighted by Gasteiger charge is 2.14. The SMILES string of the molecule is C#CCN(C/C=C/C)CC(O)/C(=C\CN(C)C)CNCCO. The summed E-state index contributed by atoms with van der Waals surface area (Å²) in [5.74, 6) is 2.63. The Bertz CT molecular complexity index is 373. The van der Waals surface area contributed by atoms with Gasteiger partial charge in [-0.1, -0.05) is 24.1 Å². The second-order valence-corrected chi connectivity index (χ2v) is 5.42. The number of aliphatic hydroxyl groups is 2. The van der Waals surface area contributed by atoms with Gasteiger partial charge < -0.3 is 20.4 Å². The number of hydrogen-bond acceptors (Lipinski definition) is 5. The van der Waals surface area contributed by atoms with Gasteiger partial charge in [-0.2, -0.15) is 0 Å². The minimum absolute atomic E-state index is 0.0849. The summed E-state index contributed by atoms with van der Waals surface area (Å²) in [6.45, 7) is 5.61. The van der Waals surface area contributed by atoms with Crippen LogP contribution in [0.5, 0.6) is 0 Å². The Balaban J connectivity index is 4.71. The highest BCUT2D eigenvalue weighted by atomic mass is 16.3. The third-order valence-electron chi connectivity index (χ3n) is 3.11. The molecule has 0 aliphatic heterocycles. The minimum atomic E-state index is -0.579. The van der Waals surface area contributed by atoms with Crippen molar-refractivity contribution in [3.05, 3.63) is 23.8 Å². The number of nitrogens with one attached hydrogen (secondary N) is 1. The van der Waals surface area contributed by atoms with Crippen LogP contribution < -0.4 is 5.32 Å². The summed E-state index contributed by atoms with van der Waals surface area (Å²) in [4.78, 5) is 4.07. The van der Waals surface area contributed by atoms with Crippen LogP contribution >= 0.6 is 0 Å². The molecule has 5 heteroatoms. The average molecular weight is 309 g/mol. The summed E-state index contributed by atoms with van der Waals surface area (Å²) < 4.78 is 0. The quantitative estimate of drug-likeness (QED) is 0.268. The predicted octanol–water partition coefficient (Wildman–Crippen LogP) is -0.0715. The monoisotopic (exact) mass is 309 g/mol. The van der Waals surface area contributed by atoms with E-state index in [2.05, 4.69) is 11.2 Å². The van der Waals surface area contributed by atoms with Gasteiger partial charge in [0.25, 0.3) is 0 Å². The van der Waals surface area contributed by atoms with Gasteiger partial charge in [-0.3, -0.25) is 4.90 Å². The second-order valence-electron chi connectivity index (χ2n) is 5.42. The zero-order valence-electron chi connectivity index (χ0n) is 14.1. The van der Waals surface area contributed by atoms with Gasteiger partial charge in [0.05, 0.1) is 19.3 Å². The van der Waals surface area contributed by atoms with Gasteiger partial charge in [0.2, 0.25) is 0 Å². The Hall–Kier alpha value is -1.16. The number of rotatable bonds is 12. The lowest BCUT2D eigenvalue weighted by Crippen LogP contribution is -2.37. The number of likely N-dealkylation sites (N-methyl/N-ethyl adjacent to an activating group) is 1. The lowest BCUT2D eigenvalue weighted by molar-refractivity contribution is 0.151. The topological polar surface area (TPSA) is 59.0 Å². The molecule has 0 saturated carbocycles. The fourth-order valence-corrected chi connectivity index (χ4v) is 1.89. The van der Waals surface area contributed by atoms with Crippen molar-refractivity contribution in [3.8, 4) is 12.3 Å². The number of nitrogens with zero attached hydrogens (tertiary/aromatic N) is 2. The first kappa shape index (κ1) is 20.8. The molecule has 0 aliphatic rings. The van der Waals surface area contributed by atoms with Crippen LogP contribution in [0.15, 0.2) is 23.8 Å². The van der Waals surface area contributed by atoms with Crippen molar-refractivity contribution in [2.45, 2.75) is 13.0 Å². The molecule has 0 aromatic carbocycles. The summed E-state index contributed by atoms with van der Waals surface area (Å²) in [5, 5.41) is 22.5. The van der Waals surface area contributed by atoms with E-state index in [-0.39, 0.29) is 6.61 Å². The van der Waals surface area contributed by atoms with Gasteiger partial charge >= 0.3 is 0 Å². The smallest absolute Gasteiger partial charge is 0.0890 e. The largest absolute Gasteiger partial charge is 0.395 e. The van der Waals surface area contributed by atoms with Crippen LogP contribution in [-0.2, 0) is 0 Å². The number of hydrogen-bond donors (Lipinski definition) is 3. The Kier molecular flexibility index (Phi) is 12.8. The molecule has 1 atom stereocenters. The van der Waals surface area contributed by atoms with Gasteiger partial charge in [0, 0.05) is 32.7 Å². The van der Waals surface area contributed by atoms with Crippen LogP contribution in [0.25, 0.3) is 0 Å². The van der Waals surface area contributed by atoms with E-state index >= 15 is 0 Å². The fourth-order valence-electron chi connectivity index (χ4n) is 1.89. The third kappa shape index (κ3) is 10.6. The van der Waals surface area contributed by atoms with E-state index in [9.17, 15) is 5.11 Å². The van der Waals surface area contributed by atoms with Crippen LogP contribution in [0.1, 0.15) is 6.92 Å². The van der Waals surface area contributed by atoms with Crippen LogP contribution in [0, 0.1) is 12.3 Å². The fraction of sp³-hybridized carbons (Fsp3) is 0.647. The first-order chi connectivity index (χ1) is 10.5. The molecule has 0 aromatic rings. The molecular formula is C17H31N3O2. The minimum Gasteiger partial charge on any atom is -0.395 e. The highest BCUT2D eigenvalue weighted by Crippen LogP contribution is 2.05. The molecule has 0 rings (SSSR count). The van der Waals surface area contributed by atoms with E-state index in [4.69, 9.17) is 11.5 Å². The molecule has 5 nitrogen and oxygen atoms in total. The molecule has 0 amide bonds. The Morgan fingerprint density at radius 3 is 2.64 bits per heavy atom. The first-order valence-corrected chi connectivity index (χ1v) is 7.65. The molecule has 1 unspecified atom stereocenters. The number of allylic oxidation sites excluding steroid dienone is 1. The molecule has 0 heterocycles. The van der Waals surface area contributed by atoms with E-state index < -0.39 is 6.10 Å². The lowest BCUT2D eigenvalue weighted by atomic mass is 10.1. The summed E-state index contributed by atoms with van der Waals surface area (Å²) in [7, 11) is 3.97. The maximum atomic E-state index is 10.5. The van der Waals surface area contributed by atoms with Crippen molar-refractivity contribution in [3.63, 3.8) is 0 Å². The van der Waals surface area contributed by atoms with Gasteiger partial charge in [-0.05, 0) is 26.6 Å². The van der Waals surface area contributed by atoms with Crippen molar-refractivity contribution < 1.29 is 10.2 Å². The van der Waals surface area contributed by atoms with E-state index in [0.29, 0.717) is 26.2 Å². The zero-order valence-corrected chi connectivity index (χ0v) is 14.1. The van der Waals surface area contributed by atoms with E-state index in [1.807, 2.05) is 49.0 Å². The summed E-state index contributed by atoms with van der Waals surface area (Å²) in [6, 6.07) is 0.